The number of rotatable bonds is 3. The first-order valence-electron chi connectivity index (χ1n) is 5.54. The lowest BCUT2D eigenvalue weighted by Gasteiger charge is -2.10. The fourth-order valence-electron chi connectivity index (χ4n) is 1.58. The zero-order valence-corrected chi connectivity index (χ0v) is 10.2. The highest BCUT2D eigenvalue weighted by Gasteiger charge is 2.10. The second-order valence-corrected chi connectivity index (χ2v) is 3.85. The molecule has 0 aliphatic rings. The average Bonchev–Trinajstić information content (AvgIpc) is 2.41. The van der Waals surface area contributed by atoms with Crippen molar-refractivity contribution in [3.05, 3.63) is 53.8 Å². The van der Waals surface area contributed by atoms with Crippen molar-refractivity contribution < 1.29 is 19.0 Å². The molecule has 2 aromatic rings. The standard InChI is InChI=1S/C14H12FNO3/c1-19-13-8-10(15)4-7-12(13)16-14(18)9-2-5-11(17)6-3-9/h2-8,17H,1H3,(H,16,18). The van der Waals surface area contributed by atoms with Crippen LogP contribution in [0, 0.1) is 5.82 Å². The van der Waals surface area contributed by atoms with E-state index in [0.29, 0.717) is 11.3 Å². The molecule has 0 bridgehead atoms. The normalized spacial score (nSPS) is 10.0. The monoisotopic (exact) mass is 261 g/mol. The average molecular weight is 261 g/mol. The van der Waals surface area contributed by atoms with E-state index in [4.69, 9.17) is 9.84 Å². The van der Waals surface area contributed by atoms with E-state index in [1.54, 1.807) is 0 Å². The van der Waals surface area contributed by atoms with Gasteiger partial charge >= 0.3 is 0 Å². The Morgan fingerprint density at radius 3 is 2.53 bits per heavy atom. The van der Waals surface area contributed by atoms with Gasteiger partial charge in [0.2, 0.25) is 0 Å². The number of benzene rings is 2. The van der Waals surface area contributed by atoms with Gasteiger partial charge < -0.3 is 15.2 Å². The number of ether oxygens (including phenoxy) is 1. The first-order valence-corrected chi connectivity index (χ1v) is 5.54. The minimum atomic E-state index is -0.445. The summed E-state index contributed by atoms with van der Waals surface area (Å²) in [6.07, 6.45) is 0. The summed E-state index contributed by atoms with van der Waals surface area (Å²) in [4.78, 5) is 11.9. The Morgan fingerprint density at radius 1 is 1.21 bits per heavy atom. The lowest BCUT2D eigenvalue weighted by molar-refractivity contribution is 0.102. The van der Waals surface area contributed by atoms with Crippen LogP contribution in [-0.4, -0.2) is 18.1 Å². The van der Waals surface area contributed by atoms with Crippen LogP contribution in [0.15, 0.2) is 42.5 Å². The van der Waals surface area contributed by atoms with Gasteiger partial charge in [-0.1, -0.05) is 0 Å². The van der Waals surface area contributed by atoms with E-state index in [-0.39, 0.29) is 17.4 Å². The van der Waals surface area contributed by atoms with Gasteiger partial charge in [0.25, 0.3) is 5.91 Å². The number of nitrogens with one attached hydrogen (secondary N) is 1. The van der Waals surface area contributed by atoms with Crippen LogP contribution in [0.4, 0.5) is 10.1 Å². The Morgan fingerprint density at radius 2 is 1.89 bits per heavy atom. The van der Waals surface area contributed by atoms with Gasteiger partial charge in [-0.3, -0.25) is 4.79 Å². The number of phenols is 1. The summed E-state index contributed by atoms with van der Waals surface area (Å²) in [5, 5.41) is 11.8. The lowest BCUT2D eigenvalue weighted by atomic mass is 10.2. The van der Waals surface area contributed by atoms with E-state index in [9.17, 15) is 9.18 Å². The summed E-state index contributed by atoms with van der Waals surface area (Å²) in [6, 6.07) is 9.64. The maximum atomic E-state index is 13.0. The minimum absolute atomic E-state index is 0.0795. The number of carbonyl (C=O) groups is 1. The fraction of sp³-hybridized carbons (Fsp3) is 0.0714. The largest absolute Gasteiger partial charge is 0.508 e. The van der Waals surface area contributed by atoms with Crippen LogP contribution in [0.25, 0.3) is 0 Å². The molecule has 2 N–H and O–H groups in total. The molecule has 0 aliphatic heterocycles. The zero-order valence-electron chi connectivity index (χ0n) is 10.2. The van der Waals surface area contributed by atoms with Gasteiger partial charge in [-0.2, -0.15) is 0 Å². The number of carbonyl (C=O) groups excluding carboxylic acids is 1. The minimum Gasteiger partial charge on any atom is -0.508 e. The molecule has 0 atom stereocenters. The second kappa shape index (κ2) is 5.39. The summed E-state index contributed by atoms with van der Waals surface area (Å²) in [5.41, 5.74) is 0.756. The number of methoxy groups -OCH3 is 1. The molecule has 2 rings (SSSR count). The second-order valence-electron chi connectivity index (χ2n) is 3.85. The molecule has 0 aliphatic carbocycles. The van der Waals surface area contributed by atoms with Crippen molar-refractivity contribution >= 4 is 11.6 Å². The van der Waals surface area contributed by atoms with E-state index < -0.39 is 5.82 Å². The molecule has 0 saturated heterocycles. The number of halogens is 1. The van der Waals surface area contributed by atoms with Crippen molar-refractivity contribution in [3.63, 3.8) is 0 Å². The Kier molecular flexibility index (Phi) is 3.66. The van der Waals surface area contributed by atoms with Gasteiger partial charge in [0.05, 0.1) is 12.8 Å². The molecule has 0 unspecified atom stereocenters. The maximum Gasteiger partial charge on any atom is 0.255 e. The topological polar surface area (TPSA) is 58.6 Å². The molecule has 98 valence electrons. The van der Waals surface area contributed by atoms with Crippen LogP contribution in [0.1, 0.15) is 10.4 Å². The zero-order chi connectivity index (χ0) is 13.8. The number of phenolic OH excluding ortho intramolecular Hbond substituents is 1. The van der Waals surface area contributed by atoms with Gasteiger partial charge in [-0.05, 0) is 36.4 Å². The number of hydrogen-bond donors (Lipinski definition) is 2. The van der Waals surface area contributed by atoms with Crippen molar-refractivity contribution in [1.29, 1.82) is 0 Å². The molecular weight excluding hydrogens is 249 g/mol. The summed E-state index contributed by atoms with van der Waals surface area (Å²) >= 11 is 0. The molecule has 0 heterocycles. The predicted molar refractivity (Wildman–Crippen MR) is 69.0 cm³/mol. The van der Waals surface area contributed by atoms with E-state index in [1.807, 2.05) is 0 Å². The van der Waals surface area contributed by atoms with E-state index >= 15 is 0 Å². The molecular formula is C14H12FNO3. The Hall–Kier alpha value is -2.56. The molecule has 0 spiro atoms. The van der Waals surface area contributed by atoms with Crippen LogP contribution in [0.2, 0.25) is 0 Å². The van der Waals surface area contributed by atoms with Gasteiger partial charge in [0, 0.05) is 11.6 Å². The van der Waals surface area contributed by atoms with Gasteiger partial charge in [-0.15, -0.1) is 0 Å². The summed E-state index contributed by atoms with van der Waals surface area (Å²) in [7, 11) is 1.39. The smallest absolute Gasteiger partial charge is 0.255 e. The highest BCUT2D eigenvalue weighted by molar-refractivity contribution is 6.05. The molecule has 2 aromatic carbocycles. The van der Waals surface area contributed by atoms with Gasteiger partial charge in [-0.25, -0.2) is 4.39 Å². The highest BCUT2D eigenvalue weighted by atomic mass is 19.1. The van der Waals surface area contributed by atoms with E-state index in [1.165, 1.54) is 49.6 Å². The van der Waals surface area contributed by atoms with Crippen LogP contribution in [0.5, 0.6) is 11.5 Å². The van der Waals surface area contributed by atoms with Crippen LogP contribution < -0.4 is 10.1 Å². The summed E-state index contributed by atoms with van der Waals surface area (Å²) in [6.45, 7) is 0. The number of hydrogen-bond acceptors (Lipinski definition) is 3. The highest BCUT2D eigenvalue weighted by Crippen LogP contribution is 2.25. The van der Waals surface area contributed by atoms with Crippen molar-refractivity contribution in [3.8, 4) is 11.5 Å². The lowest BCUT2D eigenvalue weighted by Crippen LogP contribution is -2.12. The number of amides is 1. The molecule has 0 fully saturated rings. The Balaban J connectivity index is 2.21. The van der Waals surface area contributed by atoms with Crippen molar-refractivity contribution in [2.45, 2.75) is 0 Å². The molecule has 4 nitrogen and oxygen atoms in total. The van der Waals surface area contributed by atoms with Crippen molar-refractivity contribution in [1.82, 2.24) is 0 Å². The third-order valence-corrected chi connectivity index (χ3v) is 2.54. The maximum absolute atomic E-state index is 13.0. The fourth-order valence-corrected chi connectivity index (χ4v) is 1.58. The van der Waals surface area contributed by atoms with Crippen LogP contribution in [0.3, 0.4) is 0 Å². The first kappa shape index (κ1) is 12.9. The van der Waals surface area contributed by atoms with Crippen molar-refractivity contribution in [2.75, 3.05) is 12.4 Å². The predicted octanol–water partition coefficient (Wildman–Crippen LogP) is 2.79. The number of anilines is 1. The summed E-state index contributed by atoms with van der Waals surface area (Å²) in [5.74, 6) is -0.493. The van der Waals surface area contributed by atoms with Crippen LogP contribution >= 0.6 is 0 Å². The molecule has 0 radical (unpaired) electrons. The van der Waals surface area contributed by atoms with Crippen LogP contribution in [-0.2, 0) is 0 Å². The van der Waals surface area contributed by atoms with Crippen molar-refractivity contribution in [2.24, 2.45) is 0 Å². The summed E-state index contributed by atoms with van der Waals surface area (Å²) < 4.78 is 18.0. The molecule has 19 heavy (non-hydrogen) atoms. The third kappa shape index (κ3) is 3.01. The third-order valence-electron chi connectivity index (χ3n) is 2.54. The molecule has 1 amide bonds. The van der Waals surface area contributed by atoms with Gasteiger partial charge in [0.15, 0.2) is 0 Å². The SMILES string of the molecule is COc1cc(F)ccc1NC(=O)c1ccc(O)cc1. The quantitative estimate of drug-likeness (QED) is 0.893. The molecule has 5 heteroatoms. The van der Waals surface area contributed by atoms with E-state index in [2.05, 4.69) is 5.32 Å². The van der Waals surface area contributed by atoms with E-state index in [0.717, 1.165) is 0 Å². The van der Waals surface area contributed by atoms with Gasteiger partial charge in [0.1, 0.15) is 17.3 Å². The molecule has 0 aromatic heterocycles. The Bertz CT molecular complexity index is 596. The molecule has 0 saturated carbocycles. The number of aromatic hydroxyl groups is 1. The Labute approximate surface area is 109 Å². The first-order chi connectivity index (χ1) is 9.10.